The molecule has 4 heteroatoms. The fraction of sp³-hybridized carbons (Fsp3) is 0.294. The van der Waals surface area contributed by atoms with Gasteiger partial charge in [0.1, 0.15) is 11.6 Å². The maximum Gasteiger partial charge on any atom is 0.123 e. The van der Waals surface area contributed by atoms with Crippen molar-refractivity contribution in [1.29, 1.82) is 0 Å². The average molecular weight is 289 g/mol. The van der Waals surface area contributed by atoms with Gasteiger partial charge in [-0.15, -0.1) is 0 Å². The van der Waals surface area contributed by atoms with E-state index in [1.165, 1.54) is 12.1 Å². The van der Waals surface area contributed by atoms with Crippen molar-refractivity contribution in [1.82, 2.24) is 0 Å². The highest BCUT2D eigenvalue weighted by Crippen LogP contribution is 2.27. The standard InChI is InChI=1S/C17H20FNO2/c1-12(20)16-10-14(18)6-9-17(16)19(2)11-13-4-7-15(21-3)8-5-13/h4-10,12,20H,11H2,1-3H3/t12-/m1/s1. The van der Waals surface area contributed by atoms with Crippen molar-refractivity contribution in [2.24, 2.45) is 0 Å². The first kappa shape index (κ1) is 15.3. The zero-order chi connectivity index (χ0) is 15.4. The van der Waals surface area contributed by atoms with Crippen molar-refractivity contribution in [3.63, 3.8) is 0 Å². The van der Waals surface area contributed by atoms with Gasteiger partial charge in [0, 0.05) is 24.8 Å². The van der Waals surface area contributed by atoms with Gasteiger partial charge in [-0.25, -0.2) is 4.39 Å². The number of ether oxygens (including phenoxy) is 1. The number of aliphatic hydroxyl groups excluding tert-OH is 1. The Morgan fingerprint density at radius 1 is 1.19 bits per heavy atom. The smallest absolute Gasteiger partial charge is 0.123 e. The van der Waals surface area contributed by atoms with Crippen LogP contribution in [-0.4, -0.2) is 19.3 Å². The molecule has 0 aliphatic heterocycles. The van der Waals surface area contributed by atoms with Gasteiger partial charge in [0.25, 0.3) is 0 Å². The van der Waals surface area contributed by atoms with E-state index in [1.54, 1.807) is 20.1 Å². The molecule has 0 spiro atoms. The molecule has 112 valence electrons. The fourth-order valence-corrected chi connectivity index (χ4v) is 2.30. The molecule has 0 aromatic heterocycles. The molecule has 0 unspecified atom stereocenters. The first-order valence-corrected chi connectivity index (χ1v) is 6.83. The molecule has 3 nitrogen and oxygen atoms in total. The second kappa shape index (κ2) is 6.59. The van der Waals surface area contributed by atoms with Crippen LogP contribution in [0, 0.1) is 5.82 Å². The normalized spacial score (nSPS) is 12.0. The molecule has 21 heavy (non-hydrogen) atoms. The lowest BCUT2D eigenvalue weighted by Gasteiger charge is -2.24. The van der Waals surface area contributed by atoms with E-state index in [0.29, 0.717) is 12.1 Å². The molecule has 0 saturated carbocycles. The number of hydrogen-bond acceptors (Lipinski definition) is 3. The molecule has 1 atom stereocenters. The molecule has 2 aromatic rings. The predicted octanol–water partition coefficient (Wildman–Crippen LogP) is 3.52. The van der Waals surface area contributed by atoms with Gasteiger partial charge in [0.2, 0.25) is 0 Å². The van der Waals surface area contributed by atoms with Crippen LogP contribution in [0.2, 0.25) is 0 Å². The van der Waals surface area contributed by atoms with E-state index in [2.05, 4.69) is 0 Å². The summed E-state index contributed by atoms with van der Waals surface area (Å²) in [4.78, 5) is 1.99. The summed E-state index contributed by atoms with van der Waals surface area (Å²) >= 11 is 0. The highest BCUT2D eigenvalue weighted by Gasteiger charge is 2.13. The van der Waals surface area contributed by atoms with Gasteiger partial charge in [-0.2, -0.15) is 0 Å². The second-order valence-corrected chi connectivity index (χ2v) is 5.08. The monoisotopic (exact) mass is 289 g/mol. The van der Waals surface area contributed by atoms with E-state index in [-0.39, 0.29) is 5.82 Å². The summed E-state index contributed by atoms with van der Waals surface area (Å²) in [6, 6.07) is 12.3. The van der Waals surface area contributed by atoms with Gasteiger partial charge in [0.05, 0.1) is 13.2 Å². The van der Waals surface area contributed by atoms with Crippen LogP contribution in [0.1, 0.15) is 24.2 Å². The molecule has 0 aliphatic rings. The largest absolute Gasteiger partial charge is 0.497 e. The first-order chi connectivity index (χ1) is 10.0. The molecule has 0 amide bonds. The summed E-state index contributed by atoms with van der Waals surface area (Å²) in [5.41, 5.74) is 2.52. The first-order valence-electron chi connectivity index (χ1n) is 6.83. The lowest BCUT2D eigenvalue weighted by Crippen LogP contribution is -2.18. The molecular weight excluding hydrogens is 269 g/mol. The summed E-state index contributed by atoms with van der Waals surface area (Å²) in [5, 5.41) is 9.80. The Kier molecular flexibility index (Phi) is 4.81. The summed E-state index contributed by atoms with van der Waals surface area (Å²) in [5.74, 6) is 0.473. The minimum absolute atomic E-state index is 0.340. The van der Waals surface area contributed by atoms with Crippen LogP contribution in [0.15, 0.2) is 42.5 Å². The number of nitrogens with zero attached hydrogens (tertiary/aromatic N) is 1. The van der Waals surface area contributed by atoms with Crippen molar-refractivity contribution in [3.8, 4) is 5.75 Å². The Morgan fingerprint density at radius 2 is 1.86 bits per heavy atom. The molecule has 0 heterocycles. The van der Waals surface area contributed by atoms with E-state index < -0.39 is 6.10 Å². The number of anilines is 1. The van der Waals surface area contributed by atoms with Crippen molar-refractivity contribution < 1.29 is 14.2 Å². The molecule has 1 N–H and O–H groups in total. The van der Waals surface area contributed by atoms with E-state index in [1.807, 2.05) is 36.2 Å². The number of halogens is 1. The Labute approximate surface area is 124 Å². The minimum Gasteiger partial charge on any atom is -0.497 e. The third-order valence-corrected chi connectivity index (χ3v) is 3.43. The van der Waals surface area contributed by atoms with Gasteiger partial charge in [-0.1, -0.05) is 12.1 Å². The highest BCUT2D eigenvalue weighted by atomic mass is 19.1. The average Bonchev–Trinajstić information content (AvgIpc) is 2.47. The van der Waals surface area contributed by atoms with Crippen LogP contribution in [0.3, 0.4) is 0 Å². The molecule has 0 radical (unpaired) electrons. The Hall–Kier alpha value is -2.07. The van der Waals surface area contributed by atoms with Crippen LogP contribution in [0.4, 0.5) is 10.1 Å². The number of rotatable bonds is 5. The molecule has 2 rings (SSSR count). The van der Waals surface area contributed by atoms with Gasteiger partial charge >= 0.3 is 0 Å². The zero-order valence-electron chi connectivity index (χ0n) is 12.5. The topological polar surface area (TPSA) is 32.7 Å². The zero-order valence-corrected chi connectivity index (χ0v) is 12.5. The number of methoxy groups -OCH3 is 1. The summed E-state index contributed by atoms with van der Waals surface area (Å²) in [6.07, 6.45) is -0.714. The molecule has 0 bridgehead atoms. The Bertz CT molecular complexity index is 596. The molecule has 0 saturated heterocycles. The van der Waals surface area contributed by atoms with Gasteiger partial charge in [-0.05, 0) is 42.8 Å². The molecule has 0 fully saturated rings. The van der Waals surface area contributed by atoms with Crippen molar-refractivity contribution in [3.05, 3.63) is 59.4 Å². The van der Waals surface area contributed by atoms with Crippen LogP contribution in [-0.2, 0) is 6.54 Å². The molecule has 2 aromatic carbocycles. The van der Waals surface area contributed by atoms with Gasteiger partial charge < -0.3 is 14.7 Å². The minimum atomic E-state index is -0.714. The number of aliphatic hydroxyl groups is 1. The van der Waals surface area contributed by atoms with Crippen LogP contribution in [0.5, 0.6) is 5.75 Å². The number of hydrogen-bond donors (Lipinski definition) is 1. The van der Waals surface area contributed by atoms with Gasteiger partial charge in [0.15, 0.2) is 0 Å². The maximum absolute atomic E-state index is 13.3. The SMILES string of the molecule is COc1ccc(CN(C)c2ccc(F)cc2[C@@H](C)O)cc1. The highest BCUT2D eigenvalue weighted by molar-refractivity contribution is 5.54. The third-order valence-electron chi connectivity index (χ3n) is 3.43. The quantitative estimate of drug-likeness (QED) is 0.914. The number of benzene rings is 2. The predicted molar refractivity (Wildman–Crippen MR) is 82.1 cm³/mol. The van der Waals surface area contributed by atoms with E-state index >= 15 is 0 Å². The maximum atomic E-state index is 13.3. The lowest BCUT2D eigenvalue weighted by atomic mass is 10.1. The van der Waals surface area contributed by atoms with Crippen LogP contribution in [0.25, 0.3) is 0 Å². The van der Waals surface area contributed by atoms with E-state index in [0.717, 1.165) is 17.0 Å². The van der Waals surface area contributed by atoms with Gasteiger partial charge in [-0.3, -0.25) is 0 Å². The Balaban J connectivity index is 2.21. The van der Waals surface area contributed by atoms with E-state index in [9.17, 15) is 9.50 Å². The lowest BCUT2D eigenvalue weighted by molar-refractivity contribution is 0.199. The van der Waals surface area contributed by atoms with Crippen LogP contribution < -0.4 is 9.64 Å². The second-order valence-electron chi connectivity index (χ2n) is 5.08. The van der Waals surface area contributed by atoms with E-state index in [4.69, 9.17) is 4.74 Å². The molecule has 0 aliphatic carbocycles. The summed E-state index contributed by atoms with van der Waals surface area (Å²) < 4.78 is 18.5. The Morgan fingerprint density at radius 3 is 2.43 bits per heavy atom. The van der Waals surface area contributed by atoms with Crippen molar-refractivity contribution in [2.75, 3.05) is 19.1 Å². The van der Waals surface area contributed by atoms with Crippen molar-refractivity contribution >= 4 is 5.69 Å². The fourth-order valence-electron chi connectivity index (χ4n) is 2.30. The third kappa shape index (κ3) is 3.73. The van der Waals surface area contributed by atoms with Crippen molar-refractivity contribution in [2.45, 2.75) is 19.6 Å². The van der Waals surface area contributed by atoms with Crippen LogP contribution >= 0.6 is 0 Å². The summed E-state index contributed by atoms with van der Waals surface area (Å²) in [7, 11) is 3.55. The molecular formula is C17H20FNO2. The summed E-state index contributed by atoms with van der Waals surface area (Å²) in [6.45, 7) is 2.30.